The molecule has 1 amide bonds. The monoisotopic (exact) mass is 356 g/mol. The summed E-state index contributed by atoms with van der Waals surface area (Å²) >= 11 is 0. The Kier molecular flexibility index (Phi) is 4.65. The molecule has 0 radical (unpaired) electrons. The smallest absolute Gasteiger partial charge is 0.330 e. The highest BCUT2D eigenvalue weighted by atomic mass is 32.2. The Morgan fingerprint density at radius 3 is 2.46 bits per heavy atom. The van der Waals surface area contributed by atoms with E-state index in [1.165, 1.54) is 12.0 Å². The van der Waals surface area contributed by atoms with Crippen molar-refractivity contribution in [2.45, 2.75) is 63.3 Å². The number of amides is 1. The molecule has 0 N–H and O–H groups in total. The van der Waals surface area contributed by atoms with Crippen LogP contribution in [-0.2, 0) is 30.0 Å². The molecule has 0 aromatic heterocycles. The van der Waals surface area contributed by atoms with Crippen LogP contribution in [-0.4, -0.2) is 55.6 Å². The normalized spacial score (nSPS) is 30.9. The molecule has 1 unspecified atom stereocenters. The number of allylic oxidation sites excluding steroid dienone is 1. The summed E-state index contributed by atoms with van der Waals surface area (Å²) in [6.07, 6.45) is 1.55. The average molecular weight is 356 g/mol. The van der Waals surface area contributed by atoms with Gasteiger partial charge in [0, 0.05) is 0 Å². The van der Waals surface area contributed by atoms with Crippen LogP contribution >= 0.6 is 0 Å². The van der Waals surface area contributed by atoms with E-state index in [1.807, 2.05) is 0 Å². The Balaban J connectivity index is 2.36. The second kappa shape index (κ2) is 5.98. The SMILES string of the molecule is CO/N=C(C)/C=C1/C(=O)N2[C@@H]1S(=O)C(C)(C)[C@@H]2C(=O)OC(C)(C)C. The number of fused-ring (bicyclic) bond motifs is 1. The zero-order chi connectivity index (χ0) is 18.4. The molecule has 8 heteroatoms. The van der Waals surface area contributed by atoms with Crippen molar-refractivity contribution >= 4 is 28.4 Å². The van der Waals surface area contributed by atoms with Crippen molar-refractivity contribution in [2.75, 3.05) is 7.11 Å². The Morgan fingerprint density at radius 1 is 1.38 bits per heavy atom. The fourth-order valence-corrected chi connectivity index (χ4v) is 4.76. The van der Waals surface area contributed by atoms with Gasteiger partial charge in [-0.1, -0.05) is 5.16 Å². The lowest BCUT2D eigenvalue weighted by atomic mass is 9.95. The van der Waals surface area contributed by atoms with Gasteiger partial charge in [0.1, 0.15) is 24.1 Å². The summed E-state index contributed by atoms with van der Waals surface area (Å²) < 4.78 is 17.4. The van der Waals surface area contributed by atoms with Gasteiger partial charge in [-0.3, -0.25) is 9.00 Å². The van der Waals surface area contributed by atoms with Gasteiger partial charge < -0.3 is 14.5 Å². The first-order chi connectivity index (χ1) is 10.9. The topological polar surface area (TPSA) is 85.3 Å². The molecule has 2 heterocycles. The molecule has 24 heavy (non-hydrogen) atoms. The standard InChI is InChI=1S/C16H24N2O5S/c1-9(17-22-7)8-10-12(19)18-11(14(20)23-15(2,3)4)16(5,6)24(21)13(10)18/h8,11,13H,1-7H3/b10-8-,17-9+/t11-,13+,24?/m0/s1. The van der Waals surface area contributed by atoms with Gasteiger partial charge in [0.2, 0.25) is 0 Å². The highest BCUT2D eigenvalue weighted by Crippen LogP contribution is 2.46. The number of carbonyl (C=O) groups is 2. The highest BCUT2D eigenvalue weighted by Gasteiger charge is 2.66. The largest absolute Gasteiger partial charge is 0.458 e. The van der Waals surface area contributed by atoms with Gasteiger partial charge in [0.05, 0.1) is 26.8 Å². The Bertz CT molecular complexity index is 660. The summed E-state index contributed by atoms with van der Waals surface area (Å²) in [5.74, 6) is -0.849. The molecular weight excluding hydrogens is 332 g/mol. The fourth-order valence-electron chi connectivity index (χ4n) is 2.93. The Hall–Kier alpha value is -1.70. The maximum absolute atomic E-state index is 12.9. The van der Waals surface area contributed by atoms with E-state index < -0.39 is 38.5 Å². The van der Waals surface area contributed by atoms with Crippen LogP contribution in [0.1, 0.15) is 41.5 Å². The highest BCUT2D eigenvalue weighted by molar-refractivity contribution is 7.87. The van der Waals surface area contributed by atoms with Crippen LogP contribution in [0.15, 0.2) is 16.8 Å². The van der Waals surface area contributed by atoms with E-state index in [2.05, 4.69) is 9.99 Å². The minimum atomic E-state index is -1.43. The van der Waals surface area contributed by atoms with Crippen molar-refractivity contribution < 1.29 is 23.4 Å². The van der Waals surface area contributed by atoms with Crippen molar-refractivity contribution in [3.8, 4) is 0 Å². The van der Waals surface area contributed by atoms with E-state index in [0.717, 1.165) is 0 Å². The van der Waals surface area contributed by atoms with Crippen LogP contribution in [0.5, 0.6) is 0 Å². The van der Waals surface area contributed by atoms with Gasteiger partial charge in [-0.05, 0) is 47.6 Å². The molecule has 0 aromatic carbocycles. The van der Waals surface area contributed by atoms with Crippen molar-refractivity contribution in [3.05, 3.63) is 11.6 Å². The molecular formula is C16H24N2O5S. The van der Waals surface area contributed by atoms with E-state index in [1.54, 1.807) is 47.6 Å². The number of rotatable bonds is 3. The number of hydrogen-bond acceptors (Lipinski definition) is 6. The Morgan fingerprint density at radius 2 is 1.96 bits per heavy atom. The van der Waals surface area contributed by atoms with Crippen LogP contribution in [0.3, 0.4) is 0 Å². The van der Waals surface area contributed by atoms with Gasteiger partial charge in [0.25, 0.3) is 5.91 Å². The number of nitrogens with zero attached hydrogens (tertiary/aromatic N) is 2. The third-order valence-electron chi connectivity index (χ3n) is 3.89. The van der Waals surface area contributed by atoms with Gasteiger partial charge in [-0.15, -0.1) is 0 Å². The van der Waals surface area contributed by atoms with Crippen molar-refractivity contribution in [3.63, 3.8) is 0 Å². The predicted octanol–water partition coefficient (Wildman–Crippen LogP) is 1.35. The minimum absolute atomic E-state index is 0.319. The zero-order valence-corrected chi connectivity index (χ0v) is 15.9. The van der Waals surface area contributed by atoms with Gasteiger partial charge in [-0.2, -0.15) is 0 Å². The van der Waals surface area contributed by atoms with E-state index in [9.17, 15) is 13.8 Å². The van der Waals surface area contributed by atoms with E-state index in [-0.39, 0.29) is 5.91 Å². The zero-order valence-electron chi connectivity index (χ0n) is 15.1. The second-order valence-corrected chi connectivity index (χ2v) is 9.51. The van der Waals surface area contributed by atoms with Crippen LogP contribution in [0, 0.1) is 0 Å². The second-order valence-electron chi connectivity index (χ2n) is 7.42. The van der Waals surface area contributed by atoms with Crippen LogP contribution < -0.4 is 0 Å². The summed E-state index contributed by atoms with van der Waals surface area (Å²) in [6.45, 7) is 10.4. The third kappa shape index (κ3) is 2.99. The first-order valence-electron chi connectivity index (χ1n) is 7.67. The van der Waals surface area contributed by atoms with Gasteiger partial charge in [-0.25, -0.2) is 4.79 Å². The number of carbonyl (C=O) groups excluding carboxylic acids is 2. The number of hydrogen-bond donors (Lipinski definition) is 0. The van der Waals surface area contributed by atoms with Crippen molar-refractivity contribution in [2.24, 2.45) is 5.16 Å². The molecule has 2 aliphatic rings. The number of ether oxygens (including phenoxy) is 1. The molecule has 134 valence electrons. The van der Waals surface area contributed by atoms with Crippen LogP contribution in [0.2, 0.25) is 0 Å². The molecule has 2 rings (SSSR count). The maximum atomic E-state index is 12.9. The lowest BCUT2D eigenvalue weighted by Gasteiger charge is -2.39. The molecule has 3 atom stereocenters. The van der Waals surface area contributed by atoms with Gasteiger partial charge >= 0.3 is 5.97 Å². The van der Waals surface area contributed by atoms with E-state index in [0.29, 0.717) is 11.3 Å². The molecule has 2 saturated heterocycles. The van der Waals surface area contributed by atoms with Crippen molar-refractivity contribution in [1.82, 2.24) is 4.90 Å². The minimum Gasteiger partial charge on any atom is -0.458 e. The van der Waals surface area contributed by atoms with Crippen molar-refractivity contribution in [1.29, 1.82) is 0 Å². The summed E-state index contributed by atoms with van der Waals surface area (Å²) in [5, 5.41) is 3.12. The molecule has 0 aliphatic carbocycles. The lowest BCUT2D eigenvalue weighted by Crippen LogP contribution is -2.59. The summed E-state index contributed by atoms with van der Waals surface area (Å²) in [7, 11) is -0.0222. The fraction of sp³-hybridized carbons (Fsp3) is 0.688. The molecule has 0 saturated carbocycles. The number of esters is 1. The third-order valence-corrected chi connectivity index (χ3v) is 6.03. The van der Waals surface area contributed by atoms with Crippen LogP contribution in [0.4, 0.5) is 0 Å². The predicted molar refractivity (Wildman–Crippen MR) is 90.7 cm³/mol. The summed E-state index contributed by atoms with van der Waals surface area (Å²) in [4.78, 5) is 31.1. The summed E-state index contributed by atoms with van der Waals surface area (Å²) in [5.41, 5.74) is 0.197. The maximum Gasteiger partial charge on any atom is 0.330 e. The molecule has 2 fully saturated rings. The molecule has 0 aromatic rings. The molecule has 7 nitrogen and oxygen atoms in total. The average Bonchev–Trinajstić information content (AvgIpc) is 2.60. The van der Waals surface area contributed by atoms with Crippen LogP contribution in [0.25, 0.3) is 0 Å². The first-order valence-corrected chi connectivity index (χ1v) is 8.88. The molecule has 2 aliphatic heterocycles. The summed E-state index contributed by atoms with van der Waals surface area (Å²) in [6, 6.07) is -0.869. The van der Waals surface area contributed by atoms with Gasteiger partial charge in [0.15, 0.2) is 0 Å². The quantitative estimate of drug-likeness (QED) is 0.251. The first kappa shape index (κ1) is 18.6. The van der Waals surface area contributed by atoms with E-state index >= 15 is 0 Å². The van der Waals surface area contributed by atoms with E-state index in [4.69, 9.17) is 4.74 Å². The Labute approximate surface area is 144 Å². The number of oxime groups is 1. The lowest BCUT2D eigenvalue weighted by molar-refractivity contribution is -0.166. The molecule has 0 bridgehead atoms. The number of β-lactam (4-membered cyclic amide) rings is 1. The molecule has 0 spiro atoms.